The molecule has 4 heterocycles. The Morgan fingerprint density at radius 1 is 1.04 bits per heavy atom. The van der Waals surface area contributed by atoms with Crippen molar-refractivity contribution in [2.24, 2.45) is 25.7 Å². The predicted molar refractivity (Wildman–Crippen MR) is 176 cm³/mol. The average Bonchev–Trinajstić information content (AvgIpc) is 3.84. The van der Waals surface area contributed by atoms with E-state index in [9.17, 15) is 9.59 Å². The first-order valence-electron chi connectivity index (χ1n) is 16.3. The van der Waals surface area contributed by atoms with Crippen LogP contribution in [0, 0.1) is 12.8 Å². The summed E-state index contributed by atoms with van der Waals surface area (Å²) in [5.41, 5.74) is 13.2. The third-order valence-electron chi connectivity index (χ3n) is 9.53. The van der Waals surface area contributed by atoms with E-state index in [2.05, 4.69) is 62.9 Å². The number of aryl methyl sites for hydroxylation is 3. The fourth-order valence-electron chi connectivity index (χ4n) is 7.09. The Morgan fingerprint density at radius 3 is 2.53 bits per heavy atom. The molecule has 2 aliphatic rings. The first kappa shape index (κ1) is 31.0. The lowest BCUT2D eigenvalue weighted by atomic mass is 9.95. The summed E-state index contributed by atoms with van der Waals surface area (Å²) in [7, 11) is 3.87. The number of hydrogen-bond acceptors (Lipinski definition) is 6. The van der Waals surface area contributed by atoms with Crippen molar-refractivity contribution in [3.63, 3.8) is 0 Å². The number of nitrogens with zero attached hydrogens (tertiary/aromatic N) is 6. The van der Waals surface area contributed by atoms with Gasteiger partial charge in [-0.2, -0.15) is 10.2 Å². The number of nitrogens with two attached hydrogens (primary N) is 1. The fraction of sp³-hybridized carbons (Fsp3) is 0.486. The van der Waals surface area contributed by atoms with Gasteiger partial charge < -0.3 is 16.0 Å². The number of amides is 2. The van der Waals surface area contributed by atoms with Crippen LogP contribution in [0.3, 0.4) is 0 Å². The molecule has 10 nitrogen and oxygen atoms in total. The number of carbonyl (C=O) groups excluding carboxylic acids is 2. The van der Waals surface area contributed by atoms with E-state index in [1.807, 2.05) is 47.7 Å². The number of fused-ring (bicyclic) bond motifs is 1. The van der Waals surface area contributed by atoms with Crippen LogP contribution in [0.4, 0.5) is 0 Å². The van der Waals surface area contributed by atoms with Gasteiger partial charge in [0, 0.05) is 76.4 Å². The lowest BCUT2D eigenvalue weighted by Gasteiger charge is -2.27. The van der Waals surface area contributed by atoms with Gasteiger partial charge in [0.25, 0.3) is 0 Å². The fourth-order valence-corrected chi connectivity index (χ4v) is 7.09. The topological polar surface area (TPSA) is 114 Å². The predicted octanol–water partition coefficient (Wildman–Crippen LogP) is 3.56. The smallest absolute Gasteiger partial charge is 0.237 e. The maximum atomic E-state index is 13.7. The molecule has 3 N–H and O–H groups in total. The number of benzene rings is 2. The van der Waals surface area contributed by atoms with Gasteiger partial charge in [-0.25, -0.2) is 0 Å². The summed E-state index contributed by atoms with van der Waals surface area (Å²) in [6.07, 6.45) is 8.84. The molecule has 4 aromatic rings. The third-order valence-corrected chi connectivity index (χ3v) is 9.53. The van der Waals surface area contributed by atoms with Crippen molar-refractivity contribution < 1.29 is 9.59 Å². The zero-order chi connectivity index (χ0) is 31.5. The molecule has 0 saturated carbocycles. The second-order valence-electron chi connectivity index (χ2n) is 13.0. The summed E-state index contributed by atoms with van der Waals surface area (Å²) >= 11 is 0. The molecule has 2 aliphatic heterocycles. The summed E-state index contributed by atoms with van der Waals surface area (Å²) < 4.78 is 3.70. The highest BCUT2D eigenvalue weighted by Crippen LogP contribution is 2.29. The molecule has 2 aromatic heterocycles. The van der Waals surface area contributed by atoms with Gasteiger partial charge in [0.1, 0.15) is 0 Å². The van der Waals surface area contributed by atoms with Gasteiger partial charge in [0.15, 0.2) is 0 Å². The van der Waals surface area contributed by atoms with Crippen molar-refractivity contribution in [1.29, 1.82) is 0 Å². The quantitative estimate of drug-likeness (QED) is 0.269. The SMILES string of the molecule is Cc1nn(C)c2ccc(CNC(=O)C3CC(Cc4ccc(-c5cnn(C)c5)cc4)CN3CC(N)CCC(=O)N3CCCC3)cc12. The molecular formula is C35H46N8O2. The number of likely N-dealkylation sites (tertiary alicyclic amines) is 2. The van der Waals surface area contributed by atoms with E-state index in [-0.39, 0.29) is 23.9 Å². The zero-order valence-electron chi connectivity index (χ0n) is 26.8. The van der Waals surface area contributed by atoms with Gasteiger partial charge in [-0.1, -0.05) is 30.3 Å². The molecule has 238 valence electrons. The lowest BCUT2D eigenvalue weighted by molar-refractivity contribution is -0.130. The van der Waals surface area contributed by atoms with E-state index in [0.717, 1.165) is 78.6 Å². The Balaban J connectivity index is 1.10. The van der Waals surface area contributed by atoms with Crippen LogP contribution in [0.1, 0.15) is 48.9 Å². The van der Waals surface area contributed by atoms with E-state index < -0.39 is 0 Å². The van der Waals surface area contributed by atoms with E-state index >= 15 is 0 Å². The zero-order valence-corrected chi connectivity index (χ0v) is 26.8. The van der Waals surface area contributed by atoms with Crippen molar-refractivity contribution in [2.75, 3.05) is 26.2 Å². The third kappa shape index (κ3) is 7.28. The summed E-state index contributed by atoms with van der Waals surface area (Å²) in [6.45, 7) is 5.60. The van der Waals surface area contributed by atoms with E-state index in [4.69, 9.17) is 5.73 Å². The summed E-state index contributed by atoms with van der Waals surface area (Å²) in [5.74, 6) is 0.567. The van der Waals surface area contributed by atoms with Gasteiger partial charge >= 0.3 is 0 Å². The van der Waals surface area contributed by atoms with Crippen LogP contribution < -0.4 is 11.1 Å². The number of aromatic nitrogens is 4. The monoisotopic (exact) mass is 610 g/mol. The molecular weight excluding hydrogens is 564 g/mol. The minimum absolute atomic E-state index is 0.0350. The van der Waals surface area contributed by atoms with Crippen LogP contribution >= 0.6 is 0 Å². The van der Waals surface area contributed by atoms with Gasteiger partial charge in [-0.15, -0.1) is 0 Å². The molecule has 0 radical (unpaired) electrons. The molecule has 2 aromatic carbocycles. The summed E-state index contributed by atoms with van der Waals surface area (Å²) in [6, 6.07) is 14.5. The van der Waals surface area contributed by atoms with Crippen molar-refractivity contribution in [1.82, 2.24) is 34.7 Å². The van der Waals surface area contributed by atoms with Crippen LogP contribution in [0.15, 0.2) is 54.9 Å². The van der Waals surface area contributed by atoms with Crippen LogP contribution in [0.25, 0.3) is 22.0 Å². The van der Waals surface area contributed by atoms with Crippen LogP contribution in [0.2, 0.25) is 0 Å². The minimum Gasteiger partial charge on any atom is -0.351 e. The number of rotatable bonds is 11. The largest absolute Gasteiger partial charge is 0.351 e. The highest BCUT2D eigenvalue weighted by molar-refractivity contribution is 5.84. The standard InChI is InChI=1S/C35H46N8O2/c1-24-31-17-26(8-12-32(31)41(3)39-24)19-37-35(45)33-18-27(16-25-6-9-28(10-7-25)29-20-38-40(2)22-29)21-43(33)23-30(36)11-13-34(44)42-14-4-5-15-42/h6-10,12,17,20,22,27,30,33H,4-5,11,13-16,18-19,21,23,36H2,1-3H3,(H,37,45). The van der Waals surface area contributed by atoms with Gasteiger partial charge in [-0.05, 0) is 73.8 Å². The highest BCUT2D eigenvalue weighted by atomic mass is 16.2. The molecule has 6 rings (SSSR count). The number of hydrogen-bond donors (Lipinski definition) is 2. The molecule has 0 spiro atoms. The Hall–Kier alpha value is -4.02. The minimum atomic E-state index is -0.256. The first-order valence-corrected chi connectivity index (χ1v) is 16.3. The molecule has 2 amide bonds. The van der Waals surface area contributed by atoms with Crippen LogP contribution in [0.5, 0.6) is 0 Å². The van der Waals surface area contributed by atoms with Gasteiger partial charge in [0.2, 0.25) is 11.8 Å². The average molecular weight is 611 g/mol. The van der Waals surface area contributed by atoms with E-state index in [1.54, 1.807) is 0 Å². The molecule has 2 fully saturated rings. The molecule has 45 heavy (non-hydrogen) atoms. The number of nitrogens with one attached hydrogen (secondary N) is 1. The summed E-state index contributed by atoms with van der Waals surface area (Å²) in [4.78, 5) is 30.6. The van der Waals surface area contributed by atoms with E-state index in [1.165, 1.54) is 5.56 Å². The van der Waals surface area contributed by atoms with Gasteiger partial charge in [0.05, 0.1) is 23.4 Å². The molecule has 3 atom stereocenters. The Morgan fingerprint density at radius 2 is 1.80 bits per heavy atom. The highest BCUT2D eigenvalue weighted by Gasteiger charge is 2.37. The second-order valence-corrected chi connectivity index (χ2v) is 13.0. The maximum Gasteiger partial charge on any atom is 0.237 e. The Bertz CT molecular complexity index is 1640. The lowest BCUT2D eigenvalue weighted by Crippen LogP contribution is -2.47. The Labute approximate surface area is 265 Å². The second kappa shape index (κ2) is 13.5. The summed E-state index contributed by atoms with van der Waals surface area (Å²) in [5, 5.41) is 13.1. The number of carbonyl (C=O) groups is 2. The molecule has 10 heteroatoms. The van der Waals surface area contributed by atoms with Crippen molar-refractivity contribution in [3.05, 3.63) is 71.7 Å². The Kier molecular flexibility index (Phi) is 9.32. The van der Waals surface area contributed by atoms with E-state index in [0.29, 0.717) is 31.8 Å². The van der Waals surface area contributed by atoms with Gasteiger partial charge in [-0.3, -0.25) is 23.9 Å². The van der Waals surface area contributed by atoms with Crippen LogP contribution in [-0.4, -0.2) is 79.4 Å². The van der Waals surface area contributed by atoms with Crippen molar-refractivity contribution in [2.45, 2.75) is 64.1 Å². The molecule has 2 saturated heterocycles. The molecule has 3 unspecified atom stereocenters. The molecule has 0 bridgehead atoms. The normalized spacial score (nSPS) is 19.4. The van der Waals surface area contributed by atoms with Crippen molar-refractivity contribution >= 4 is 22.7 Å². The maximum absolute atomic E-state index is 13.7. The first-order chi connectivity index (χ1) is 21.7. The van der Waals surface area contributed by atoms with Crippen molar-refractivity contribution in [3.8, 4) is 11.1 Å². The molecule has 0 aliphatic carbocycles. The van der Waals surface area contributed by atoms with Crippen LogP contribution in [-0.2, 0) is 36.6 Å².